The maximum atomic E-state index is 11.0. The lowest BCUT2D eigenvalue weighted by Crippen LogP contribution is -2.05. The fourth-order valence-corrected chi connectivity index (χ4v) is 2.90. The highest BCUT2D eigenvalue weighted by atomic mass is 31.2. The van der Waals surface area contributed by atoms with Crippen molar-refractivity contribution in [3.05, 3.63) is 0 Å². The van der Waals surface area contributed by atoms with E-state index in [0.717, 1.165) is 12.8 Å². The standard InChI is InChI=1S/C14H31O3P/c1-4-5-6-7-8-9-10-11-12-13-14(2)17-18(3,15)16/h14H,4-13H2,1-3H3,(H,15,16). The summed E-state index contributed by atoms with van der Waals surface area (Å²) in [5.41, 5.74) is 0. The summed E-state index contributed by atoms with van der Waals surface area (Å²) in [7, 11) is -3.30. The highest BCUT2D eigenvalue weighted by molar-refractivity contribution is 7.51. The Labute approximate surface area is 113 Å². The second-order valence-electron chi connectivity index (χ2n) is 5.34. The van der Waals surface area contributed by atoms with Crippen molar-refractivity contribution in [3.63, 3.8) is 0 Å². The minimum atomic E-state index is -3.30. The molecule has 0 spiro atoms. The summed E-state index contributed by atoms with van der Waals surface area (Å²) in [6, 6.07) is 0. The van der Waals surface area contributed by atoms with Crippen LogP contribution in [-0.4, -0.2) is 17.7 Å². The van der Waals surface area contributed by atoms with E-state index in [1.54, 1.807) is 0 Å². The molecule has 4 heteroatoms. The molecule has 1 N–H and O–H groups in total. The summed E-state index contributed by atoms with van der Waals surface area (Å²) in [6.07, 6.45) is 12.5. The van der Waals surface area contributed by atoms with Crippen molar-refractivity contribution in [2.75, 3.05) is 6.66 Å². The fraction of sp³-hybridized carbons (Fsp3) is 1.00. The summed E-state index contributed by atoms with van der Waals surface area (Å²) in [6.45, 7) is 5.36. The minimum absolute atomic E-state index is 0.101. The van der Waals surface area contributed by atoms with Crippen LogP contribution in [0.4, 0.5) is 0 Å². The van der Waals surface area contributed by atoms with Crippen LogP contribution in [0.1, 0.15) is 78.1 Å². The van der Waals surface area contributed by atoms with Gasteiger partial charge in [-0.05, 0) is 13.3 Å². The molecule has 0 aliphatic carbocycles. The largest absolute Gasteiger partial charge is 0.325 e. The first-order chi connectivity index (χ1) is 8.45. The Hall–Kier alpha value is 0.150. The van der Waals surface area contributed by atoms with Crippen LogP contribution in [-0.2, 0) is 9.09 Å². The normalized spacial score (nSPS) is 16.4. The van der Waals surface area contributed by atoms with E-state index in [1.165, 1.54) is 58.0 Å². The SMILES string of the molecule is CCCCCCCCCCCC(C)OP(C)(=O)O. The van der Waals surface area contributed by atoms with E-state index in [1.807, 2.05) is 6.92 Å². The second kappa shape index (κ2) is 11.0. The van der Waals surface area contributed by atoms with Crippen molar-refractivity contribution in [3.8, 4) is 0 Å². The molecule has 3 nitrogen and oxygen atoms in total. The molecule has 0 saturated carbocycles. The van der Waals surface area contributed by atoms with Crippen molar-refractivity contribution in [2.24, 2.45) is 0 Å². The minimum Gasteiger partial charge on any atom is -0.324 e. The van der Waals surface area contributed by atoms with Gasteiger partial charge in [-0.2, -0.15) is 0 Å². The predicted octanol–water partition coefficient (Wildman–Crippen LogP) is 5.13. The number of hydrogen-bond donors (Lipinski definition) is 1. The Morgan fingerprint density at radius 2 is 1.44 bits per heavy atom. The van der Waals surface area contributed by atoms with E-state index in [-0.39, 0.29) is 6.10 Å². The van der Waals surface area contributed by atoms with E-state index in [0.29, 0.717) is 0 Å². The molecule has 0 aromatic rings. The van der Waals surface area contributed by atoms with E-state index < -0.39 is 7.60 Å². The first-order valence-electron chi connectivity index (χ1n) is 7.44. The van der Waals surface area contributed by atoms with Crippen LogP contribution in [0.2, 0.25) is 0 Å². The molecule has 0 aromatic carbocycles. The molecule has 2 unspecified atom stereocenters. The second-order valence-corrected chi connectivity index (χ2v) is 7.15. The smallest absolute Gasteiger partial charge is 0.324 e. The van der Waals surface area contributed by atoms with Gasteiger partial charge in [0.15, 0.2) is 0 Å². The Morgan fingerprint density at radius 1 is 1.00 bits per heavy atom. The van der Waals surface area contributed by atoms with E-state index in [9.17, 15) is 4.57 Å². The van der Waals surface area contributed by atoms with Gasteiger partial charge in [-0.3, -0.25) is 4.57 Å². The molecule has 0 saturated heterocycles. The zero-order chi connectivity index (χ0) is 13.9. The lowest BCUT2D eigenvalue weighted by atomic mass is 10.1. The Bertz CT molecular complexity index is 225. The van der Waals surface area contributed by atoms with Crippen molar-refractivity contribution < 1.29 is 14.0 Å². The average Bonchev–Trinajstić information content (AvgIpc) is 2.24. The van der Waals surface area contributed by atoms with Gasteiger partial charge in [0, 0.05) is 6.66 Å². The summed E-state index contributed by atoms with van der Waals surface area (Å²) in [4.78, 5) is 9.06. The van der Waals surface area contributed by atoms with E-state index >= 15 is 0 Å². The van der Waals surface area contributed by atoms with Gasteiger partial charge in [0.25, 0.3) is 0 Å². The van der Waals surface area contributed by atoms with Gasteiger partial charge < -0.3 is 9.42 Å². The molecule has 0 amide bonds. The van der Waals surface area contributed by atoms with Gasteiger partial charge >= 0.3 is 7.60 Å². The summed E-state index contributed by atoms with van der Waals surface area (Å²) < 4.78 is 16.0. The van der Waals surface area contributed by atoms with Crippen LogP contribution in [0.25, 0.3) is 0 Å². The molecule has 0 aliphatic heterocycles. The van der Waals surface area contributed by atoms with Crippen LogP contribution in [0.15, 0.2) is 0 Å². The van der Waals surface area contributed by atoms with Gasteiger partial charge in [0.1, 0.15) is 0 Å². The molecule has 0 fully saturated rings. The van der Waals surface area contributed by atoms with Crippen LogP contribution < -0.4 is 0 Å². The van der Waals surface area contributed by atoms with Crippen molar-refractivity contribution in [1.29, 1.82) is 0 Å². The first-order valence-corrected chi connectivity index (χ1v) is 9.47. The summed E-state index contributed by atoms with van der Waals surface area (Å²) >= 11 is 0. The molecule has 0 radical (unpaired) electrons. The lowest BCUT2D eigenvalue weighted by Gasteiger charge is -2.14. The van der Waals surface area contributed by atoms with Crippen molar-refractivity contribution in [2.45, 2.75) is 84.2 Å². The summed E-state index contributed by atoms with van der Waals surface area (Å²) in [5, 5.41) is 0. The van der Waals surface area contributed by atoms with Gasteiger partial charge in [0.2, 0.25) is 0 Å². The Kier molecular flexibility index (Phi) is 11.1. The van der Waals surface area contributed by atoms with Gasteiger partial charge in [-0.1, -0.05) is 64.7 Å². The highest BCUT2D eigenvalue weighted by Gasteiger charge is 2.14. The predicted molar refractivity (Wildman–Crippen MR) is 78.1 cm³/mol. The summed E-state index contributed by atoms with van der Waals surface area (Å²) in [5.74, 6) is 0. The molecule has 18 heavy (non-hydrogen) atoms. The average molecular weight is 278 g/mol. The van der Waals surface area contributed by atoms with Crippen molar-refractivity contribution in [1.82, 2.24) is 0 Å². The monoisotopic (exact) mass is 278 g/mol. The fourth-order valence-electron chi connectivity index (χ4n) is 2.13. The van der Waals surface area contributed by atoms with Gasteiger partial charge in [-0.15, -0.1) is 0 Å². The molecule has 0 aromatic heterocycles. The molecule has 110 valence electrons. The number of rotatable bonds is 12. The zero-order valence-electron chi connectivity index (χ0n) is 12.4. The molecular weight excluding hydrogens is 247 g/mol. The topological polar surface area (TPSA) is 46.5 Å². The molecule has 0 aliphatic rings. The van der Waals surface area contributed by atoms with Crippen LogP contribution in [0, 0.1) is 0 Å². The van der Waals surface area contributed by atoms with Crippen LogP contribution in [0.5, 0.6) is 0 Å². The lowest BCUT2D eigenvalue weighted by molar-refractivity contribution is 0.180. The molecule has 2 atom stereocenters. The maximum absolute atomic E-state index is 11.0. The van der Waals surface area contributed by atoms with E-state index in [2.05, 4.69) is 6.92 Å². The number of hydrogen-bond acceptors (Lipinski definition) is 2. The molecule has 0 bridgehead atoms. The Morgan fingerprint density at radius 3 is 1.89 bits per heavy atom. The quantitative estimate of drug-likeness (QED) is 0.398. The van der Waals surface area contributed by atoms with E-state index in [4.69, 9.17) is 9.42 Å². The first kappa shape index (κ1) is 18.1. The van der Waals surface area contributed by atoms with Gasteiger partial charge in [0.05, 0.1) is 6.10 Å². The van der Waals surface area contributed by atoms with Crippen LogP contribution >= 0.6 is 7.60 Å². The van der Waals surface area contributed by atoms with Crippen LogP contribution in [0.3, 0.4) is 0 Å². The highest BCUT2D eigenvalue weighted by Crippen LogP contribution is 2.39. The zero-order valence-corrected chi connectivity index (χ0v) is 13.3. The molecular formula is C14H31O3P. The maximum Gasteiger partial charge on any atom is 0.325 e. The third-order valence-electron chi connectivity index (χ3n) is 3.09. The number of unbranched alkanes of at least 4 members (excludes halogenated alkanes) is 8. The molecule has 0 rings (SSSR count). The Balaban J connectivity index is 3.22. The molecule has 0 heterocycles. The third-order valence-corrected chi connectivity index (χ3v) is 3.84. The third kappa shape index (κ3) is 14.2. The van der Waals surface area contributed by atoms with Crippen molar-refractivity contribution >= 4 is 7.60 Å². The van der Waals surface area contributed by atoms with Gasteiger partial charge in [-0.25, -0.2) is 0 Å².